The molecule has 2 aromatic carbocycles. The van der Waals surface area contributed by atoms with Crippen LogP contribution in [0.2, 0.25) is 0 Å². The highest BCUT2D eigenvalue weighted by Gasteiger charge is 2.39. The van der Waals surface area contributed by atoms with Crippen molar-refractivity contribution >= 4 is 28.3 Å². The Morgan fingerprint density at radius 2 is 1.88 bits per heavy atom. The molecule has 0 unspecified atom stereocenters. The molecule has 0 aliphatic carbocycles. The van der Waals surface area contributed by atoms with Gasteiger partial charge in [-0.2, -0.15) is 9.78 Å². The lowest BCUT2D eigenvalue weighted by molar-refractivity contribution is 0.102. The number of fused-ring (bicyclic) bond motifs is 1. The van der Waals surface area contributed by atoms with Crippen molar-refractivity contribution in [3.05, 3.63) is 76.0 Å². The first-order valence-electron chi connectivity index (χ1n) is 13.5. The monoisotopic (exact) mass is 563 g/mol. The van der Waals surface area contributed by atoms with Gasteiger partial charge >= 0.3 is 0 Å². The number of nitrogens with two attached hydrogens (primary N) is 1. The normalized spacial score (nSPS) is 20.2. The number of nitrogens with zero attached hydrogens (tertiary/aromatic N) is 5. The molecule has 0 bridgehead atoms. The number of para-hydroxylation sites is 1. The van der Waals surface area contributed by atoms with Gasteiger partial charge in [0, 0.05) is 31.8 Å². The highest BCUT2D eigenvalue weighted by Crippen LogP contribution is 2.41. The van der Waals surface area contributed by atoms with Crippen molar-refractivity contribution < 1.29 is 18.3 Å². The number of halogens is 2. The van der Waals surface area contributed by atoms with E-state index in [2.05, 4.69) is 33.7 Å². The van der Waals surface area contributed by atoms with Crippen LogP contribution in [0.4, 0.5) is 20.2 Å². The van der Waals surface area contributed by atoms with Crippen LogP contribution in [0.25, 0.3) is 16.7 Å². The minimum absolute atomic E-state index is 0.103. The lowest BCUT2D eigenvalue weighted by Crippen LogP contribution is -2.35. The van der Waals surface area contributed by atoms with E-state index in [0.29, 0.717) is 36.7 Å². The van der Waals surface area contributed by atoms with Gasteiger partial charge in [-0.15, -0.1) is 0 Å². The third kappa shape index (κ3) is 4.66. The second-order valence-electron chi connectivity index (χ2n) is 11.3. The Hall–Kier alpha value is -4.16. The average molecular weight is 564 g/mol. The Bertz CT molecular complexity index is 1710. The molecule has 214 valence electrons. The summed E-state index contributed by atoms with van der Waals surface area (Å²) in [6.45, 7) is 8.65. The summed E-state index contributed by atoms with van der Waals surface area (Å²) in [7, 11) is 0. The van der Waals surface area contributed by atoms with E-state index in [1.54, 1.807) is 0 Å². The van der Waals surface area contributed by atoms with Crippen LogP contribution in [0.5, 0.6) is 0 Å². The molecule has 2 fully saturated rings. The molecular formula is C29H31F2N7O3. The van der Waals surface area contributed by atoms with Crippen molar-refractivity contribution in [3.8, 4) is 5.69 Å². The number of rotatable bonds is 5. The van der Waals surface area contributed by atoms with Gasteiger partial charge in [-0.3, -0.25) is 9.59 Å². The largest absolute Gasteiger partial charge is 0.379 e. The fraction of sp³-hybridized carbons (Fsp3) is 0.379. The first kappa shape index (κ1) is 27.0. The molecule has 10 nitrogen and oxygen atoms in total. The van der Waals surface area contributed by atoms with Gasteiger partial charge in [-0.05, 0) is 49.1 Å². The van der Waals surface area contributed by atoms with Crippen LogP contribution in [-0.2, 0) is 4.74 Å². The number of aromatic nitrogens is 4. The van der Waals surface area contributed by atoms with Gasteiger partial charge in [0.1, 0.15) is 22.7 Å². The number of carbonyl (C=O) groups excluding carboxylic acids is 1. The lowest BCUT2D eigenvalue weighted by Gasteiger charge is -2.25. The number of hydrogen-bond donors (Lipinski definition) is 2. The molecule has 0 spiro atoms. The summed E-state index contributed by atoms with van der Waals surface area (Å²) in [5, 5.41) is 6.90. The van der Waals surface area contributed by atoms with Crippen LogP contribution in [0.3, 0.4) is 0 Å². The summed E-state index contributed by atoms with van der Waals surface area (Å²) in [5.74, 6) is -1.77. The molecule has 6 rings (SSSR count). The quantitative estimate of drug-likeness (QED) is 0.381. The number of carbonyl (C=O) groups is 1. The SMILES string of the molecule is Cc1nc2c(N3C[C@H](N)C(C)(C)C3)c(NC(=O)c3ccc(=O)n(-c4c(F)cccc4F)n3)ccc2n1[C@H]1CCOC1. The van der Waals surface area contributed by atoms with E-state index in [0.717, 1.165) is 47.2 Å². The van der Waals surface area contributed by atoms with Crippen LogP contribution in [0.1, 0.15) is 42.6 Å². The maximum Gasteiger partial charge on any atom is 0.276 e. The molecular weight excluding hydrogens is 532 g/mol. The Morgan fingerprint density at radius 1 is 1.12 bits per heavy atom. The smallest absolute Gasteiger partial charge is 0.276 e. The molecule has 12 heteroatoms. The zero-order valence-corrected chi connectivity index (χ0v) is 23.0. The van der Waals surface area contributed by atoms with Crippen LogP contribution in [-0.4, -0.2) is 57.6 Å². The molecule has 41 heavy (non-hydrogen) atoms. The van der Waals surface area contributed by atoms with Crippen molar-refractivity contribution in [2.24, 2.45) is 11.1 Å². The van der Waals surface area contributed by atoms with E-state index in [1.165, 1.54) is 12.1 Å². The van der Waals surface area contributed by atoms with Gasteiger partial charge in [0.25, 0.3) is 11.5 Å². The molecule has 2 saturated heterocycles. The zero-order chi connectivity index (χ0) is 29.1. The number of imidazole rings is 1. The van der Waals surface area contributed by atoms with Crippen LogP contribution in [0, 0.1) is 24.0 Å². The minimum Gasteiger partial charge on any atom is -0.379 e. The van der Waals surface area contributed by atoms with Gasteiger partial charge in [0.05, 0.1) is 29.5 Å². The Kier molecular flexibility index (Phi) is 6.62. The number of benzene rings is 2. The van der Waals surface area contributed by atoms with E-state index in [4.69, 9.17) is 15.5 Å². The number of aryl methyl sites for hydroxylation is 1. The third-order valence-corrected chi connectivity index (χ3v) is 8.05. The number of amides is 1. The Balaban J connectivity index is 1.43. The van der Waals surface area contributed by atoms with Gasteiger partial charge < -0.3 is 25.3 Å². The first-order valence-corrected chi connectivity index (χ1v) is 13.5. The molecule has 2 atom stereocenters. The molecule has 2 aliphatic heterocycles. The fourth-order valence-electron chi connectivity index (χ4n) is 5.77. The second kappa shape index (κ2) is 10.0. The summed E-state index contributed by atoms with van der Waals surface area (Å²) < 4.78 is 37.2. The van der Waals surface area contributed by atoms with E-state index in [-0.39, 0.29) is 23.2 Å². The van der Waals surface area contributed by atoms with Gasteiger partial charge in [-0.1, -0.05) is 19.9 Å². The molecule has 1 amide bonds. The molecule has 0 saturated carbocycles. The van der Waals surface area contributed by atoms with Crippen LogP contribution in [0.15, 0.2) is 47.3 Å². The van der Waals surface area contributed by atoms with E-state index in [1.807, 2.05) is 19.1 Å². The van der Waals surface area contributed by atoms with Crippen LogP contribution < -0.4 is 21.5 Å². The van der Waals surface area contributed by atoms with Crippen molar-refractivity contribution in [1.82, 2.24) is 19.3 Å². The zero-order valence-electron chi connectivity index (χ0n) is 23.0. The number of ether oxygens (including phenoxy) is 1. The summed E-state index contributed by atoms with van der Waals surface area (Å²) in [6.07, 6.45) is 0.881. The fourth-order valence-corrected chi connectivity index (χ4v) is 5.77. The van der Waals surface area contributed by atoms with Crippen molar-refractivity contribution in [2.75, 3.05) is 36.5 Å². The molecule has 3 N–H and O–H groups in total. The Labute approximate surface area is 234 Å². The topological polar surface area (TPSA) is 120 Å². The summed E-state index contributed by atoms with van der Waals surface area (Å²) in [4.78, 5) is 33.0. The molecule has 0 radical (unpaired) electrons. The third-order valence-electron chi connectivity index (χ3n) is 8.05. The first-order chi connectivity index (χ1) is 19.5. The number of anilines is 2. The molecule has 4 aromatic rings. The van der Waals surface area contributed by atoms with Crippen molar-refractivity contribution in [2.45, 2.75) is 39.3 Å². The van der Waals surface area contributed by atoms with E-state index in [9.17, 15) is 18.4 Å². The van der Waals surface area contributed by atoms with Gasteiger partial charge in [0.15, 0.2) is 11.6 Å². The van der Waals surface area contributed by atoms with Crippen LogP contribution >= 0.6 is 0 Å². The molecule has 2 aromatic heterocycles. The summed E-state index contributed by atoms with van der Waals surface area (Å²) in [6, 6.07) is 9.27. The maximum absolute atomic E-state index is 14.4. The van der Waals surface area contributed by atoms with Crippen molar-refractivity contribution in [1.29, 1.82) is 0 Å². The highest BCUT2D eigenvalue weighted by molar-refractivity contribution is 6.08. The predicted molar refractivity (Wildman–Crippen MR) is 151 cm³/mol. The predicted octanol–water partition coefficient (Wildman–Crippen LogP) is 3.56. The molecule has 4 heterocycles. The maximum atomic E-state index is 14.4. The lowest BCUT2D eigenvalue weighted by atomic mass is 9.89. The average Bonchev–Trinajstić information content (AvgIpc) is 3.62. The number of hydrogen-bond acceptors (Lipinski definition) is 7. The Morgan fingerprint density at radius 3 is 2.54 bits per heavy atom. The summed E-state index contributed by atoms with van der Waals surface area (Å²) >= 11 is 0. The van der Waals surface area contributed by atoms with E-state index < -0.39 is 28.8 Å². The van der Waals surface area contributed by atoms with Crippen molar-refractivity contribution in [3.63, 3.8) is 0 Å². The number of nitrogens with one attached hydrogen (secondary N) is 1. The van der Waals surface area contributed by atoms with E-state index >= 15 is 0 Å². The summed E-state index contributed by atoms with van der Waals surface area (Å²) in [5.41, 5.74) is 7.55. The highest BCUT2D eigenvalue weighted by atomic mass is 19.1. The standard InChI is InChI=1S/C29H31F2N7O3/c1-16-33-25-22(37(16)17-11-12-41-14-17)9-7-20(27(25)36-13-23(32)29(2,3)15-36)34-28(40)21-8-10-24(39)38(35-21)26-18(30)5-4-6-19(26)31/h4-10,17,23H,11-15,32H2,1-3H3,(H,34,40)/t17-,23-/m0/s1. The minimum atomic E-state index is -0.975. The molecule has 2 aliphatic rings. The second-order valence-corrected chi connectivity index (χ2v) is 11.3. The van der Waals surface area contributed by atoms with Gasteiger partial charge in [-0.25, -0.2) is 13.8 Å². The van der Waals surface area contributed by atoms with Gasteiger partial charge in [0.2, 0.25) is 0 Å².